The Balaban J connectivity index is 1.67. The molecular weight excluding hydrogens is 459 g/mol. The van der Waals surface area contributed by atoms with Gasteiger partial charge in [-0.3, -0.25) is 4.79 Å². The van der Waals surface area contributed by atoms with Gasteiger partial charge >= 0.3 is 5.97 Å². The number of furan rings is 1. The summed E-state index contributed by atoms with van der Waals surface area (Å²) in [5.74, 6) is 0.325. The maximum absolute atomic E-state index is 12.0. The average Bonchev–Trinajstić information content (AvgIpc) is 3.17. The maximum atomic E-state index is 12.0. The summed E-state index contributed by atoms with van der Waals surface area (Å²) >= 11 is 2.17. The molecule has 7 heteroatoms. The van der Waals surface area contributed by atoms with Crippen LogP contribution in [0.15, 0.2) is 70.2 Å². The van der Waals surface area contributed by atoms with Crippen molar-refractivity contribution in [3.8, 4) is 11.3 Å². The van der Waals surface area contributed by atoms with E-state index in [0.29, 0.717) is 22.6 Å². The van der Waals surface area contributed by atoms with Crippen LogP contribution < -0.4 is 5.43 Å². The first-order valence-electron chi connectivity index (χ1n) is 7.94. The van der Waals surface area contributed by atoms with E-state index in [1.54, 1.807) is 42.5 Å². The summed E-state index contributed by atoms with van der Waals surface area (Å²) in [4.78, 5) is 23.6. The third-order valence-electron chi connectivity index (χ3n) is 3.66. The van der Waals surface area contributed by atoms with Gasteiger partial charge in [0.25, 0.3) is 5.91 Å². The van der Waals surface area contributed by atoms with Gasteiger partial charge in [-0.25, -0.2) is 10.2 Å². The van der Waals surface area contributed by atoms with Gasteiger partial charge in [0.2, 0.25) is 0 Å². The van der Waals surface area contributed by atoms with E-state index >= 15 is 0 Å². The number of hydrogen-bond acceptors (Lipinski definition) is 5. The first kappa shape index (κ1) is 18.8. The van der Waals surface area contributed by atoms with Crippen LogP contribution in [0.3, 0.4) is 0 Å². The lowest BCUT2D eigenvalue weighted by molar-refractivity contribution is 0.0600. The third-order valence-corrected chi connectivity index (χ3v) is 4.38. The number of carbonyl (C=O) groups is 2. The number of rotatable bonds is 5. The Morgan fingerprint density at radius 2 is 1.85 bits per heavy atom. The van der Waals surface area contributed by atoms with Gasteiger partial charge in [0.15, 0.2) is 0 Å². The molecule has 1 heterocycles. The highest BCUT2D eigenvalue weighted by atomic mass is 127. The van der Waals surface area contributed by atoms with Gasteiger partial charge in [0.05, 0.1) is 18.9 Å². The molecule has 1 amide bonds. The molecule has 136 valence electrons. The molecule has 0 bridgehead atoms. The van der Waals surface area contributed by atoms with Gasteiger partial charge in [-0.1, -0.05) is 12.1 Å². The summed E-state index contributed by atoms with van der Waals surface area (Å²) < 4.78 is 11.5. The predicted molar refractivity (Wildman–Crippen MR) is 110 cm³/mol. The number of halogens is 1. The number of benzene rings is 2. The quantitative estimate of drug-likeness (QED) is 0.261. The van der Waals surface area contributed by atoms with Crippen molar-refractivity contribution in [1.29, 1.82) is 0 Å². The summed E-state index contributed by atoms with van der Waals surface area (Å²) in [7, 11) is 1.33. The van der Waals surface area contributed by atoms with Crippen molar-refractivity contribution in [3.63, 3.8) is 0 Å². The minimum Gasteiger partial charge on any atom is -0.465 e. The molecule has 0 aliphatic heterocycles. The molecule has 0 unspecified atom stereocenters. The number of ether oxygens (including phenoxy) is 1. The zero-order chi connectivity index (χ0) is 19.2. The van der Waals surface area contributed by atoms with E-state index in [0.717, 1.165) is 9.13 Å². The van der Waals surface area contributed by atoms with E-state index in [1.807, 2.05) is 18.2 Å². The standard InChI is InChI=1S/C20H15IN2O4/c1-26-20(25)15-4-2-3-14(11-15)18-10-9-17(27-18)12-22-23-19(24)13-5-7-16(21)8-6-13/h2-12H,1H3,(H,23,24)/b22-12-. The molecule has 0 aliphatic carbocycles. The minimum atomic E-state index is -0.413. The molecule has 0 aliphatic rings. The smallest absolute Gasteiger partial charge is 0.337 e. The van der Waals surface area contributed by atoms with Crippen LogP contribution in [0.5, 0.6) is 0 Å². The van der Waals surface area contributed by atoms with Crippen molar-refractivity contribution in [2.45, 2.75) is 0 Å². The Morgan fingerprint density at radius 3 is 2.59 bits per heavy atom. The average molecular weight is 474 g/mol. The predicted octanol–water partition coefficient (Wildman–Crippen LogP) is 4.10. The van der Waals surface area contributed by atoms with Crippen molar-refractivity contribution < 1.29 is 18.7 Å². The third kappa shape index (κ3) is 4.82. The zero-order valence-electron chi connectivity index (χ0n) is 14.3. The highest BCUT2D eigenvalue weighted by molar-refractivity contribution is 14.1. The van der Waals surface area contributed by atoms with Crippen LogP contribution in [-0.2, 0) is 4.74 Å². The van der Waals surface area contributed by atoms with Crippen LogP contribution in [0.25, 0.3) is 11.3 Å². The number of carbonyl (C=O) groups excluding carboxylic acids is 2. The second kappa shape index (κ2) is 8.63. The first-order chi connectivity index (χ1) is 13.1. The molecule has 27 heavy (non-hydrogen) atoms. The van der Waals surface area contributed by atoms with E-state index in [9.17, 15) is 9.59 Å². The molecule has 0 spiro atoms. The molecule has 1 N–H and O–H groups in total. The number of methoxy groups -OCH3 is 1. The Labute approximate surface area is 169 Å². The molecule has 2 aromatic carbocycles. The van der Waals surface area contributed by atoms with Crippen LogP contribution in [-0.4, -0.2) is 25.2 Å². The van der Waals surface area contributed by atoms with Gasteiger partial charge < -0.3 is 9.15 Å². The normalized spacial score (nSPS) is 10.7. The summed E-state index contributed by atoms with van der Waals surface area (Å²) in [6, 6.07) is 17.6. The number of nitrogens with zero attached hydrogens (tertiary/aromatic N) is 1. The molecule has 0 atom stereocenters. The van der Waals surface area contributed by atoms with E-state index in [2.05, 4.69) is 33.1 Å². The Kier molecular flexibility index (Phi) is 6.02. The number of hydrogen-bond donors (Lipinski definition) is 1. The van der Waals surface area contributed by atoms with Gasteiger partial charge in [-0.05, 0) is 71.1 Å². The van der Waals surface area contributed by atoms with Gasteiger partial charge in [-0.15, -0.1) is 0 Å². The molecular formula is C20H15IN2O4. The maximum Gasteiger partial charge on any atom is 0.337 e. The highest BCUT2D eigenvalue weighted by Crippen LogP contribution is 2.22. The fourth-order valence-electron chi connectivity index (χ4n) is 2.31. The molecule has 0 saturated carbocycles. The summed E-state index contributed by atoms with van der Waals surface area (Å²) in [5.41, 5.74) is 4.15. The lowest BCUT2D eigenvalue weighted by Gasteiger charge is -2.01. The fraction of sp³-hybridized carbons (Fsp3) is 0.0500. The topological polar surface area (TPSA) is 80.9 Å². The van der Waals surface area contributed by atoms with Crippen LogP contribution >= 0.6 is 22.6 Å². The Morgan fingerprint density at radius 1 is 1.07 bits per heavy atom. The number of esters is 1. The van der Waals surface area contributed by atoms with Crippen molar-refractivity contribution >= 4 is 40.7 Å². The molecule has 3 aromatic rings. The summed E-state index contributed by atoms with van der Waals surface area (Å²) in [5, 5.41) is 3.91. The fourth-order valence-corrected chi connectivity index (χ4v) is 2.67. The summed E-state index contributed by atoms with van der Waals surface area (Å²) in [6.45, 7) is 0. The molecule has 0 fully saturated rings. The lowest BCUT2D eigenvalue weighted by atomic mass is 10.1. The number of nitrogens with one attached hydrogen (secondary N) is 1. The minimum absolute atomic E-state index is 0.305. The number of amides is 1. The first-order valence-corrected chi connectivity index (χ1v) is 9.02. The van der Waals surface area contributed by atoms with E-state index in [4.69, 9.17) is 9.15 Å². The van der Waals surface area contributed by atoms with Crippen LogP contribution in [0.2, 0.25) is 0 Å². The van der Waals surface area contributed by atoms with E-state index in [1.165, 1.54) is 13.3 Å². The monoisotopic (exact) mass is 474 g/mol. The van der Waals surface area contributed by atoms with Crippen LogP contribution in [0.1, 0.15) is 26.5 Å². The second-order valence-electron chi connectivity index (χ2n) is 5.48. The molecule has 6 nitrogen and oxygen atoms in total. The van der Waals surface area contributed by atoms with Crippen LogP contribution in [0, 0.1) is 3.57 Å². The van der Waals surface area contributed by atoms with Gasteiger partial charge in [0.1, 0.15) is 11.5 Å². The highest BCUT2D eigenvalue weighted by Gasteiger charge is 2.09. The Bertz CT molecular complexity index is 993. The van der Waals surface area contributed by atoms with E-state index in [-0.39, 0.29) is 5.91 Å². The zero-order valence-corrected chi connectivity index (χ0v) is 16.5. The molecule has 0 saturated heterocycles. The summed E-state index contributed by atoms with van der Waals surface area (Å²) in [6.07, 6.45) is 1.41. The molecule has 1 aromatic heterocycles. The van der Waals surface area contributed by atoms with Crippen LogP contribution in [0.4, 0.5) is 0 Å². The lowest BCUT2D eigenvalue weighted by Crippen LogP contribution is -2.17. The second-order valence-corrected chi connectivity index (χ2v) is 6.73. The molecule has 3 rings (SSSR count). The van der Waals surface area contributed by atoms with Gasteiger partial charge in [-0.2, -0.15) is 5.10 Å². The number of hydrazone groups is 1. The van der Waals surface area contributed by atoms with Crippen molar-refractivity contribution in [2.24, 2.45) is 5.10 Å². The van der Waals surface area contributed by atoms with Crippen molar-refractivity contribution in [1.82, 2.24) is 5.43 Å². The van der Waals surface area contributed by atoms with Crippen molar-refractivity contribution in [2.75, 3.05) is 7.11 Å². The Hall–Kier alpha value is -2.94. The SMILES string of the molecule is COC(=O)c1cccc(-c2ccc(/C=N\NC(=O)c3ccc(I)cc3)o2)c1. The van der Waals surface area contributed by atoms with Crippen molar-refractivity contribution in [3.05, 3.63) is 81.1 Å². The largest absolute Gasteiger partial charge is 0.465 e. The molecule has 0 radical (unpaired) electrons. The van der Waals surface area contributed by atoms with E-state index < -0.39 is 5.97 Å². The van der Waals surface area contributed by atoms with Gasteiger partial charge in [0, 0.05) is 14.7 Å².